The number of fused-ring (bicyclic) bond motifs is 1. The number of ether oxygens (including phenoxy) is 1. The number of hydrogen-bond acceptors (Lipinski definition) is 8. The number of piperidine rings is 1. The molecular formula is C26H30N8O2. The number of primary amides is 1. The van der Waals surface area contributed by atoms with E-state index in [0.29, 0.717) is 25.0 Å². The number of carbonyl (C=O) groups excluding carboxylic acids is 1. The second-order valence-electron chi connectivity index (χ2n) is 9.34. The van der Waals surface area contributed by atoms with Crippen molar-refractivity contribution in [1.29, 1.82) is 0 Å². The van der Waals surface area contributed by atoms with Crippen LogP contribution in [-0.4, -0.2) is 88.1 Å². The number of imidazole rings is 1. The number of morpholine rings is 1. The zero-order valence-electron chi connectivity index (χ0n) is 20.1. The van der Waals surface area contributed by atoms with E-state index in [1.807, 2.05) is 42.6 Å². The average molecular weight is 487 g/mol. The van der Waals surface area contributed by atoms with Crippen LogP contribution in [0.2, 0.25) is 0 Å². The topological polar surface area (TPSA) is 116 Å². The summed E-state index contributed by atoms with van der Waals surface area (Å²) in [5.74, 6) is 1.25. The Kier molecular flexibility index (Phi) is 6.12. The maximum atomic E-state index is 11.8. The van der Waals surface area contributed by atoms with Crippen LogP contribution in [0.5, 0.6) is 0 Å². The normalized spacial score (nSPS) is 21.7. The standard InChI is InChI=1S/C26H30N8O2/c27-24(35)21-10-13-34(26(31-21)33-14-16-36-17-15-33)18-8-11-32(12-9-18)23-7-3-6-22(28-23)25-29-19-4-1-2-5-20(19)30-25/h1-7,10,13,18,26H,8-9,11-12,14-17H2,(H2,27,35)(H,29,30). The molecule has 2 fully saturated rings. The highest BCUT2D eigenvalue weighted by Gasteiger charge is 2.34. The summed E-state index contributed by atoms with van der Waals surface area (Å²) in [5.41, 5.74) is 8.65. The highest BCUT2D eigenvalue weighted by Crippen LogP contribution is 2.28. The number of pyridine rings is 1. The van der Waals surface area contributed by atoms with E-state index < -0.39 is 5.91 Å². The predicted molar refractivity (Wildman–Crippen MR) is 138 cm³/mol. The molecule has 0 saturated carbocycles. The molecule has 5 heterocycles. The van der Waals surface area contributed by atoms with Crippen LogP contribution >= 0.6 is 0 Å². The number of carbonyl (C=O) groups is 1. The number of H-pyrrole nitrogens is 1. The summed E-state index contributed by atoms with van der Waals surface area (Å²) in [6.45, 7) is 4.66. The summed E-state index contributed by atoms with van der Waals surface area (Å²) < 4.78 is 5.53. The molecule has 36 heavy (non-hydrogen) atoms. The van der Waals surface area contributed by atoms with Gasteiger partial charge in [-0.25, -0.2) is 15.0 Å². The lowest BCUT2D eigenvalue weighted by Crippen LogP contribution is -2.56. The van der Waals surface area contributed by atoms with Gasteiger partial charge in [0.25, 0.3) is 5.91 Å². The lowest BCUT2D eigenvalue weighted by molar-refractivity contribution is -0.112. The third-order valence-corrected chi connectivity index (χ3v) is 7.13. The summed E-state index contributed by atoms with van der Waals surface area (Å²) in [4.78, 5) is 36.4. The minimum atomic E-state index is -0.491. The van der Waals surface area contributed by atoms with Crippen LogP contribution in [-0.2, 0) is 9.53 Å². The second kappa shape index (κ2) is 9.71. The Morgan fingerprint density at radius 2 is 1.81 bits per heavy atom. The Hall–Kier alpha value is -3.76. The molecule has 0 bridgehead atoms. The number of anilines is 1. The fourth-order valence-electron chi connectivity index (χ4n) is 5.20. The summed E-state index contributed by atoms with van der Waals surface area (Å²) in [6, 6.07) is 14.4. The van der Waals surface area contributed by atoms with E-state index in [1.165, 1.54) is 0 Å². The Morgan fingerprint density at radius 3 is 2.58 bits per heavy atom. The van der Waals surface area contributed by atoms with Crippen molar-refractivity contribution in [2.45, 2.75) is 25.2 Å². The number of aromatic nitrogens is 3. The van der Waals surface area contributed by atoms with Gasteiger partial charge in [-0.2, -0.15) is 0 Å². The van der Waals surface area contributed by atoms with Crippen LogP contribution in [0.15, 0.2) is 59.7 Å². The maximum absolute atomic E-state index is 11.8. The van der Waals surface area contributed by atoms with Gasteiger partial charge in [-0.1, -0.05) is 18.2 Å². The van der Waals surface area contributed by atoms with Crippen molar-refractivity contribution in [2.24, 2.45) is 10.7 Å². The number of rotatable bonds is 5. The van der Waals surface area contributed by atoms with Gasteiger partial charge in [-0.3, -0.25) is 9.69 Å². The molecule has 3 N–H and O–H groups in total. The lowest BCUT2D eigenvalue weighted by Gasteiger charge is -2.46. The van der Waals surface area contributed by atoms with Crippen molar-refractivity contribution in [3.8, 4) is 11.5 Å². The van der Waals surface area contributed by atoms with E-state index in [0.717, 1.165) is 67.4 Å². The van der Waals surface area contributed by atoms with Crippen molar-refractivity contribution < 1.29 is 9.53 Å². The van der Waals surface area contributed by atoms with Gasteiger partial charge in [-0.15, -0.1) is 0 Å². The fraction of sp³-hybridized carbons (Fsp3) is 0.385. The molecule has 0 spiro atoms. The smallest absolute Gasteiger partial charge is 0.267 e. The van der Waals surface area contributed by atoms with Crippen molar-refractivity contribution in [2.75, 3.05) is 44.3 Å². The van der Waals surface area contributed by atoms with Crippen LogP contribution in [0.25, 0.3) is 22.6 Å². The van der Waals surface area contributed by atoms with Gasteiger partial charge >= 0.3 is 0 Å². The first-order chi connectivity index (χ1) is 17.7. The molecule has 3 aromatic rings. The summed E-state index contributed by atoms with van der Waals surface area (Å²) in [7, 11) is 0. The summed E-state index contributed by atoms with van der Waals surface area (Å²) in [5, 5.41) is 0. The van der Waals surface area contributed by atoms with E-state index in [4.69, 9.17) is 25.4 Å². The molecular weight excluding hydrogens is 456 g/mol. The van der Waals surface area contributed by atoms with Crippen molar-refractivity contribution >= 4 is 28.5 Å². The largest absolute Gasteiger partial charge is 0.379 e. The first-order valence-electron chi connectivity index (χ1n) is 12.5. The lowest BCUT2D eigenvalue weighted by atomic mass is 10.0. The molecule has 1 aromatic carbocycles. The molecule has 10 nitrogen and oxygen atoms in total. The number of nitrogens with one attached hydrogen (secondary N) is 1. The van der Waals surface area contributed by atoms with Gasteiger partial charge in [0, 0.05) is 38.4 Å². The molecule has 1 unspecified atom stereocenters. The summed E-state index contributed by atoms with van der Waals surface area (Å²) >= 11 is 0. The Labute approximate surface area is 209 Å². The molecule has 2 aromatic heterocycles. The first kappa shape index (κ1) is 22.7. The van der Waals surface area contributed by atoms with E-state index in [9.17, 15) is 4.79 Å². The highest BCUT2D eigenvalue weighted by molar-refractivity contribution is 6.43. The third kappa shape index (κ3) is 4.45. The Balaban J connectivity index is 1.16. The second-order valence-corrected chi connectivity index (χ2v) is 9.34. The molecule has 3 aliphatic rings. The number of nitrogens with zero attached hydrogens (tertiary/aromatic N) is 6. The number of aromatic amines is 1. The SMILES string of the molecule is NC(=O)C1=NC(N2CCOCC2)N(C2CCN(c3cccc(-c4nc5ccccc5[nH]4)n3)CC2)C=C1. The van der Waals surface area contributed by atoms with Crippen LogP contribution in [0.1, 0.15) is 12.8 Å². The maximum Gasteiger partial charge on any atom is 0.267 e. The van der Waals surface area contributed by atoms with Gasteiger partial charge in [0.2, 0.25) is 0 Å². The number of para-hydroxylation sites is 2. The molecule has 10 heteroatoms. The van der Waals surface area contributed by atoms with Gasteiger partial charge < -0.3 is 25.3 Å². The van der Waals surface area contributed by atoms with Crippen LogP contribution in [0, 0.1) is 0 Å². The number of hydrogen-bond donors (Lipinski definition) is 2. The third-order valence-electron chi connectivity index (χ3n) is 7.13. The quantitative estimate of drug-likeness (QED) is 0.566. The fourth-order valence-corrected chi connectivity index (χ4v) is 5.20. The van der Waals surface area contributed by atoms with Crippen LogP contribution in [0.4, 0.5) is 5.82 Å². The Morgan fingerprint density at radius 1 is 1.00 bits per heavy atom. The van der Waals surface area contributed by atoms with Crippen molar-refractivity contribution in [3.05, 3.63) is 54.7 Å². The molecule has 2 saturated heterocycles. The van der Waals surface area contributed by atoms with Crippen LogP contribution in [0.3, 0.4) is 0 Å². The summed E-state index contributed by atoms with van der Waals surface area (Å²) in [6.07, 6.45) is 5.43. The van der Waals surface area contributed by atoms with E-state index in [1.54, 1.807) is 6.08 Å². The predicted octanol–water partition coefficient (Wildman–Crippen LogP) is 1.97. The minimum Gasteiger partial charge on any atom is -0.379 e. The zero-order chi connectivity index (χ0) is 24.5. The molecule has 1 atom stereocenters. The zero-order valence-corrected chi connectivity index (χ0v) is 20.1. The van der Waals surface area contributed by atoms with E-state index in [2.05, 4.69) is 25.8 Å². The number of nitrogens with two attached hydrogens (primary N) is 1. The Bertz CT molecular complexity index is 1270. The van der Waals surface area contributed by atoms with Gasteiger partial charge in [0.05, 0.1) is 24.2 Å². The minimum absolute atomic E-state index is 0.229. The van der Waals surface area contributed by atoms with Gasteiger partial charge in [0.1, 0.15) is 17.2 Å². The number of benzene rings is 1. The van der Waals surface area contributed by atoms with Crippen LogP contribution < -0.4 is 10.6 Å². The van der Waals surface area contributed by atoms with E-state index >= 15 is 0 Å². The number of aliphatic imine (C=N–C) groups is 1. The molecule has 0 aliphatic carbocycles. The molecule has 6 rings (SSSR count). The first-order valence-corrected chi connectivity index (χ1v) is 12.5. The number of amides is 1. The molecule has 3 aliphatic heterocycles. The van der Waals surface area contributed by atoms with Gasteiger partial charge in [-0.05, 0) is 43.2 Å². The monoisotopic (exact) mass is 486 g/mol. The molecule has 0 radical (unpaired) electrons. The average Bonchev–Trinajstić information content (AvgIpc) is 3.38. The van der Waals surface area contributed by atoms with Crippen molar-refractivity contribution in [3.63, 3.8) is 0 Å². The molecule has 186 valence electrons. The van der Waals surface area contributed by atoms with Crippen molar-refractivity contribution in [1.82, 2.24) is 24.8 Å². The molecule has 1 amide bonds. The van der Waals surface area contributed by atoms with E-state index in [-0.39, 0.29) is 6.29 Å². The highest BCUT2D eigenvalue weighted by atomic mass is 16.5. The van der Waals surface area contributed by atoms with Gasteiger partial charge in [0.15, 0.2) is 12.1 Å².